The summed E-state index contributed by atoms with van der Waals surface area (Å²) in [6, 6.07) is 4.16. The molecule has 0 amide bonds. The molecule has 0 saturated heterocycles. The number of thiazole rings is 1. The van der Waals surface area contributed by atoms with Crippen LogP contribution in [0.2, 0.25) is 0 Å². The molecule has 5 nitrogen and oxygen atoms in total. The van der Waals surface area contributed by atoms with Crippen molar-refractivity contribution in [3.05, 3.63) is 45.7 Å². The Balaban J connectivity index is 0.00000264. The van der Waals surface area contributed by atoms with Crippen LogP contribution in [0.25, 0.3) is 0 Å². The fraction of sp³-hybridized carbons (Fsp3) is 0.438. The van der Waals surface area contributed by atoms with Gasteiger partial charge in [0.25, 0.3) is 0 Å². The quantitative estimate of drug-likeness (QED) is 0.408. The zero-order valence-electron chi connectivity index (χ0n) is 13.8. The molecule has 2 N–H and O–H groups in total. The topological polar surface area (TPSA) is 62.2 Å². The first kappa shape index (κ1) is 19.8. The number of nitrogens with one attached hydrogen (secondary N) is 2. The zero-order valence-corrected chi connectivity index (χ0v) is 16.9. The molecule has 2 aromatic heterocycles. The minimum Gasteiger partial charge on any atom is -0.356 e. The molecule has 0 atom stereocenters. The van der Waals surface area contributed by atoms with Crippen molar-refractivity contribution in [2.24, 2.45) is 4.99 Å². The lowest BCUT2D eigenvalue weighted by atomic mass is 10.2. The second-order valence-electron chi connectivity index (χ2n) is 5.09. The number of aryl methyl sites for hydroxylation is 2. The highest BCUT2D eigenvalue weighted by Gasteiger charge is 2.01. The molecular formula is C16H24IN5S. The highest BCUT2D eigenvalue weighted by Crippen LogP contribution is 2.07. The lowest BCUT2D eigenvalue weighted by Crippen LogP contribution is -2.39. The van der Waals surface area contributed by atoms with Gasteiger partial charge in [-0.25, -0.2) is 4.98 Å². The van der Waals surface area contributed by atoms with Gasteiger partial charge in [0, 0.05) is 43.8 Å². The molecule has 0 unspecified atom stereocenters. The molecule has 23 heavy (non-hydrogen) atoms. The first-order chi connectivity index (χ1) is 10.7. The van der Waals surface area contributed by atoms with Gasteiger partial charge in [0.2, 0.25) is 0 Å². The maximum absolute atomic E-state index is 4.45. The van der Waals surface area contributed by atoms with E-state index in [4.69, 9.17) is 0 Å². The standard InChI is InChI=1S/C16H23N5S.HI/c1-12-4-5-14(10-20-12)6-8-18-16(17-3)19-9-7-15-11-22-13(2)21-15;/h4-5,10-11H,6-9H2,1-3H3,(H2,17,18,19);1H. The van der Waals surface area contributed by atoms with E-state index < -0.39 is 0 Å². The Labute approximate surface area is 159 Å². The number of nitrogens with zero attached hydrogens (tertiary/aromatic N) is 3. The molecule has 0 aliphatic heterocycles. The molecule has 2 aromatic rings. The predicted octanol–water partition coefficient (Wildman–Crippen LogP) is 2.72. The van der Waals surface area contributed by atoms with Gasteiger partial charge >= 0.3 is 0 Å². The molecule has 0 spiro atoms. The summed E-state index contributed by atoms with van der Waals surface area (Å²) in [6.07, 6.45) is 3.77. The van der Waals surface area contributed by atoms with Crippen LogP contribution < -0.4 is 10.6 Å². The van der Waals surface area contributed by atoms with Gasteiger partial charge < -0.3 is 10.6 Å². The van der Waals surface area contributed by atoms with Gasteiger partial charge in [0.05, 0.1) is 10.7 Å². The van der Waals surface area contributed by atoms with Gasteiger partial charge in [0.1, 0.15) is 0 Å². The number of rotatable bonds is 6. The molecule has 0 bridgehead atoms. The molecular weight excluding hydrogens is 421 g/mol. The van der Waals surface area contributed by atoms with Crippen molar-refractivity contribution < 1.29 is 0 Å². The Hall–Kier alpha value is -1.22. The van der Waals surface area contributed by atoms with Gasteiger partial charge in [0.15, 0.2) is 5.96 Å². The maximum Gasteiger partial charge on any atom is 0.190 e. The van der Waals surface area contributed by atoms with Crippen LogP contribution >= 0.6 is 35.3 Å². The van der Waals surface area contributed by atoms with Crippen LogP contribution in [-0.2, 0) is 12.8 Å². The fourth-order valence-electron chi connectivity index (χ4n) is 2.02. The van der Waals surface area contributed by atoms with Crippen molar-refractivity contribution in [3.63, 3.8) is 0 Å². The Morgan fingerprint density at radius 2 is 1.91 bits per heavy atom. The highest BCUT2D eigenvalue weighted by atomic mass is 127. The molecule has 2 rings (SSSR count). The van der Waals surface area contributed by atoms with E-state index in [1.807, 2.05) is 26.1 Å². The average Bonchev–Trinajstić information content (AvgIpc) is 2.93. The molecule has 126 valence electrons. The smallest absolute Gasteiger partial charge is 0.190 e. The third kappa shape index (κ3) is 7.26. The van der Waals surface area contributed by atoms with Crippen molar-refractivity contribution in [2.75, 3.05) is 20.1 Å². The summed E-state index contributed by atoms with van der Waals surface area (Å²) in [6.45, 7) is 5.69. The van der Waals surface area contributed by atoms with Crippen molar-refractivity contribution in [1.82, 2.24) is 20.6 Å². The van der Waals surface area contributed by atoms with E-state index in [0.717, 1.165) is 48.3 Å². The average molecular weight is 445 g/mol. The highest BCUT2D eigenvalue weighted by molar-refractivity contribution is 14.0. The Kier molecular flexibility index (Phi) is 9.08. The van der Waals surface area contributed by atoms with Crippen LogP contribution in [0.15, 0.2) is 28.7 Å². The van der Waals surface area contributed by atoms with E-state index in [1.54, 1.807) is 18.4 Å². The second-order valence-corrected chi connectivity index (χ2v) is 6.15. The minimum absolute atomic E-state index is 0. The summed E-state index contributed by atoms with van der Waals surface area (Å²) in [4.78, 5) is 13.0. The third-order valence-electron chi connectivity index (χ3n) is 3.24. The first-order valence-electron chi connectivity index (χ1n) is 7.44. The summed E-state index contributed by atoms with van der Waals surface area (Å²) in [7, 11) is 1.79. The summed E-state index contributed by atoms with van der Waals surface area (Å²) in [5.74, 6) is 0.826. The van der Waals surface area contributed by atoms with Crippen molar-refractivity contribution >= 4 is 41.3 Å². The molecule has 0 aliphatic rings. The Bertz CT molecular complexity index is 609. The van der Waals surface area contributed by atoms with Gasteiger partial charge in [-0.3, -0.25) is 9.98 Å². The van der Waals surface area contributed by atoms with Crippen LogP contribution in [0, 0.1) is 13.8 Å². The minimum atomic E-state index is 0. The summed E-state index contributed by atoms with van der Waals surface area (Å²) in [5, 5.41) is 9.85. The molecule has 0 saturated carbocycles. The van der Waals surface area contributed by atoms with Crippen molar-refractivity contribution in [2.45, 2.75) is 26.7 Å². The van der Waals surface area contributed by atoms with Gasteiger partial charge in [-0.1, -0.05) is 6.07 Å². The van der Waals surface area contributed by atoms with Crippen LogP contribution in [0.5, 0.6) is 0 Å². The van der Waals surface area contributed by atoms with E-state index in [1.165, 1.54) is 5.56 Å². The zero-order chi connectivity index (χ0) is 15.8. The monoisotopic (exact) mass is 445 g/mol. The molecule has 7 heteroatoms. The van der Waals surface area contributed by atoms with Gasteiger partial charge in [-0.05, 0) is 31.9 Å². The number of hydrogen-bond donors (Lipinski definition) is 2. The summed E-state index contributed by atoms with van der Waals surface area (Å²) >= 11 is 1.69. The number of guanidine groups is 1. The number of aromatic nitrogens is 2. The lowest BCUT2D eigenvalue weighted by molar-refractivity contribution is 0.776. The number of halogens is 1. The summed E-state index contributed by atoms with van der Waals surface area (Å²) < 4.78 is 0. The first-order valence-corrected chi connectivity index (χ1v) is 8.32. The Morgan fingerprint density at radius 1 is 1.17 bits per heavy atom. The third-order valence-corrected chi connectivity index (χ3v) is 4.06. The maximum atomic E-state index is 4.45. The SMILES string of the molecule is CN=C(NCCc1ccc(C)nc1)NCCc1csc(C)n1.I. The molecule has 0 fully saturated rings. The number of hydrogen-bond acceptors (Lipinski definition) is 4. The van der Waals surface area contributed by atoms with E-state index in [-0.39, 0.29) is 24.0 Å². The Morgan fingerprint density at radius 3 is 2.48 bits per heavy atom. The predicted molar refractivity (Wildman–Crippen MR) is 108 cm³/mol. The largest absolute Gasteiger partial charge is 0.356 e. The normalized spacial score (nSPS) is 11.0. The van der Waals surface area contributed by atoms with Crippen LogP contribution in [0.1, 0.15) is 22.0 Å². The number of aliphatic imine (C=N–C) groups is 1. The van der Waals surface area contributed by atoms with Crippen LogP contribution in [-0.4, -0.2) is 36.1 Å². The van der Waals surface area contributed by atoms with Gasteiger partial charge in [-0.15, -0.1) is 35.3 Å². The molecule has 2 heterocycles. The summed E-state index contributed by atoms with van der Waals surface area (Å²) in [5.41, 5.74) is 3.41. The van der Waals surface area contributed by atoms with Crippen molar-refractivity contribution in [1.29, 1.82) is 0 Å². The van der Waals surface area contributed by atoms with E-state index in [9.17, 15) is 0 Å². The van der Waals surface area contributed by atoms with Crippen molar-refractivity contribution in [3.8, 4) is 0 Å². The van der Waals surface area contributed by atoms with E-state index in [2.05, 4.69) is 37.0 Å². The van der Waals surface area contributed by atoms with Gasteiger partial charge in [-0.2, -0.15) is 0 Å². The second kappa shape index (κ2) is 10.5. The van der Waals surface area contributed by atoms with Crippen LogP contribution in [0.4, 0.5) is 0 Å². The molecule has 0 radical (unpaired) electrons. The fourth-order valence-corrected chi connectivity index (χ4v) is 2.67. The lowest BCUT2D eigenvalue weighted by Gasteiger charge is -2.11. The van der Waals surface area contributed by atoms with E-state index in [0.29, 0.717) is 0 Å². The molecule has 0 aromatic carbocycles. The van der Waals surface area contributed by atoms with E-state index >= 15 is 0 Å². The molecule has 0 aliphatic carbocycles. The number of pyridine rings is 1. The van der Waals surface area contributed by atoms with Crippen LogP contribution in [0.3, 0.4) is 0 Å².